The van der Waals surface area contributed by atoms with Crippen LogP contribution in [0.2, 0.25) is 0 Å². The number of amides is 1. The van der Waals surface area contributed by atoms with Crippen LogP contribution in [0.4, 0.5) is 5.69 Å². The summed E-state index contributed by atoms with van der Waals surface area (Å²) in [5.41, 5.74) is 1.81. The monoisotopic (exact) mass is 412 g/mol. The summed E-state index contributed by atoms with van der Waals surface area (Å²) >= 11 is 1.65. The number of fused-ring (bicyclic) bond motifs is 2. The van der Waals surface area contributed by atoms with Crippen molar-refractivity contribution in [3.63, 3.8) is 0 Å². The highest BCUT2D eigenvalue weighted by Gasteiger charge is 2.24. The number of benzene rings is 2. The summed E-state index contributed by atoms with van der Waals surface area (Å²) in [5.74, 6) is 0.702. The van der Waals surface area contributed by atoms with Gasteiger partial charge in [-0.1, -0.05) is 12.1 Å². The summed E-state index contributed by atoms with van der Waals surface area (Å²) in [5, 5.41) is 3.84. The van der Waals surface area contributed by atoms with Crippen LogP contribution in [0.5, 0.6) is 11.5 Å². The molecule has 0 bridgehead atoms. The molecule has 0 radical (unpaired) electrons. The maximum absolute atomic E-state index is 12.7. The molecule has 2 heterocycles. The number of anilines is 1. The summed E-state index contributed by atoms with van der Waals surface area (Å²) in [4.78, 5) is 30.4. The van der Waals surface area contributed by atoms with Gasteiger partial charge in [0.15, 0.2) is 28.8 Å². The van der Waals surface area contributed by atoms with Crippen LogP contribution in [0.1, 0.15) is 35.3 Å². The normalized spacial score (nSPS) is 14.6. The lowest BCUT2D eigenvalue weighted by molar-refractivity contribution is -0.902. The highest BCUT2D eigenvalue weighted by Crippen LogP contribution is 2.37. The second-order valence-electron chi connectivity index (χ2n) is 7.12. The van der Waals surface area contributed by atoms with E-state index in [9.17, 15) is 9.59 Å². The van der Waals surface area contributed by atoms with Crippen molar-refractivity contribution >= 4 is 38.9 Å². The number of aromatic nitrogens is 1. The zero-order chi connectivity index (χ0) is 20.5. The number of quaternary nitrogens is 1. The van der Waals surface area contributed by atoms with E-state index >= 15 is 0 Å². The molecular formula is C21H22N3O4S+. The van der Waals surface area contributed by atoms with E-state index in [0.717, 1.165) is 20.1 Å². The number of Topliss-reactive ketones (excluding diaryl/α,β-unsaturated/α-hetero) is 1. The SMILES string of the molecule is CC(=O)c1cc2c(cc1NC(=O)C[NH+](C)[C@@H](C)c1nc3ccccc3s1)OCO2. The molecule has 1 unspecified atom stereocenters. The molecule has 0 saturated carbocycles. The number of rotatable bonds is 6. The highest BCUT2D eigenvalue weighted by atomic mass is 32.1. The average Bonchev–Trinajstić information content (AvgIpc) is 3.32. The zero-order valence-electron chi connectivity index (χ0n) is 16.4. The molecule has 1 amide bonds. The van der Waals surface area contributed by atoms with E-state index in [2.05, 4.69) is 12.2 Å². The molecule has 8 heteroatoms. The third-order valence-corrected chi connectivity index (χ3v) is 6.24. The van der Waals surface area contributed by atoms with Gasteiger partial charge in [-0.15, -0.1) is 11.3 Å². The van der Waals surface area contributed by atoms with E-state index in [0.29, 0.717) is 22.7 Å². The average molecular weight is 412 g/mol. The third-order valence-electron chi connectivity index (χ3n) is 5.03. The van der Waals surface area contributed by atoms with Gasteiger partial charge >= 0.3 is 0 Å². The molecule has 0 saturated heterocycles. The minimum absolute atomic E-state index is 0.0576. The second kappa shape index (κ2) is 7.81. The number of ketones is 1. The topological polar surface area (TPSA) is 82.0 Å². The van der Waals surface area contributed by atoms with Gasteiger partial charge in [0.05, 0.1) is 23.0 Å². The van der Waals surface area contributed by atoms with Crippen LogP contribution in [-0.4, -0.2) is 37.1 Å². The molecule has 29 heavy (non-hydrogen) atoms. The Bertz CT molecular complexity index is 1060. The van der Waals surface area contributed by atoms with Gasteiger partial charge in [0, 0.05) is 11.6 Å². The lowest BCUT2D eigenvalue weighted by atomic mass is 10.1. The molecule has 150 valence electrons. The number of ether oxygens (including phenoxy) is 2. The molecule has 7 nitrogen and oxygen atoms in total. The summed E-state index contributed by atoms with van der Waals surface area (Å²) in [6.07, 6.45) is 0. The quantitative estimate of drug-likeness (QED) is 0.608. The molecule has 0 aliphatic carbocycles. The first-order valence-electron chi connectivity index (χ1n) is 9.34. The Labute approximate surface area is 172 Å². The van der Waals surface area contributed by atoms with Gasteiger partial charge < -0.3 is 19.7 Å². The molecule has 1 aliphatic heterocycles. The number of thiazole rings is 1. The van der Waals surface area contributed by atoms with Crippen molar-refractivity contribution in [1.29, 1.82) is 0 Å². The molecule has 2 atom stereocenters. The zero-order valence-corrected chi connectivity index (χ0v) is 17.3. The number of nitrogens with one attached hydrogen (secondary N) is 2. The Hall–Kier alpha value is -2.97. The van der Waals surface area contributed by atoms with E-state index in [4.69, 9.17) is 14.5 Å². The summed E-state index contributed by atoms with van der Waals surface area (Å²) in [6, 6.07) is 11.3. The third kappa shape index (κ3) is 3.94. The smallest absolute Gasteiger partial charge is 0.279 e. The number of nitrogens with zero attached hydrogens (tertiary/aromatic N) is 1. The van der Waals surface area contributed by atoms with Gasteiger partial charge in [0.25, 0.3) is 5.91 Å². The first-order chi connectivity index (χ1) is 13.9. The fourth-order valence-electron chi connectivity index (χ4n) is 3.22. The predicted molar refractivity (Wildman–Crippen MR) is 111 cm³/mol. The Kier molecular flexibility index (Phi) is 5.21. The number of hydrogen-bond acceptors (Lipinski definition) is 6. The van der Waals surface area contributed by atoms with Crippen molar-refractivity contribution < 1.29 is 24.0 Å². The Balaban J connectivity index is 1.47. The Morgan fingerprint density at radius 2 is 1.97 bits per heavy atom. The van der Waals surface area contributed by atoms with E-state index in [-0.39, 0.29) is 31.1 Å². The van der Waals surface area contributed by atoms with Crippen LogP contribution in [0.25, 0.3) is 10.2 Å². The van der Waals surface area contributed by atoms with Crippen LogP contribution in [-0.2, 0) is 4.79 Å². The van der Waals surface area contributed by atoms with E-state index in [1.807, 2.05) is 31.3 Å². The fraction of sp³-hybridized carbons (Fsp3) is 0.286. The van der Waals surface area contributed by atoms with Crippen LogP contribution < -0.4 is 19.7 Å². The van der Waals surface area contributed by atoms with Crippen molar-refractivity contribution in [3.05, 3.63) is 47.0 Å². The summed E-state index contributed by atoms with van der Waals surface area (Å²) in [6.45, 7) is 3.86. The maximum Gasteiger partial charge on any atom is 0.279 e. The molecule has 2 aromatic carbocycles. The molecular weight excluding hydrogens is 390 g/mol. The molecule has 2 N–H and O–H groups in total. The van der Waals surface area contributed by atoms with E-state index in [1.165, 1.54) is 6.92 Å². The molecule has 0 fully saturated rings. The van der Waals surface area contributed by atoms with Crippen LogP contribution in [0, 0.1) is 0 Å². The number of para-hydroxylation sites is 1. The van der Waals surface area contributed by atoms with Gasteiger partial charge in [-0.25, -0.2) is 4.98 Å². The highest BCUT2D eigenvalue weighted by molar-refractivity contribution is 7.18. The van der Waals surface area contributed by atoms with Gasteiger partial charge in [-0.05, 0) is 32.0 Å². The van der Waals surface area contributed by atoms with Crippen molar-refractivity contribution in [2.45, 2.75) is 19.9 Å². The Morgan fingerprint density at radius 3 is 2.69 bits per heavy atom. The minimum Gasteiger partial charge on any atom is -0.454 e. The lowest BCUT2D eigenvalue weighted by Crippen LogP contribution is -3.10. The van der Waals surface area contributed by atoms with Gasteiger partial charge in [-0.2, -0.15) is 0 Å². The lowest BCUT2D eigenvalue weighted by Gasteiger charge is -2.20. The van der Waals surface area contributed by atoms with Crippen molar-refractivity contribution in [1.82, 2.24) is 4.98 Å². The minimum atomic E-state index is -0.183. The van der Waals surface area contributed by atoms with Crippen molar-refractivity contribution in [2.24, 2.45) is 0 Å². The molecule has 1 aromatic heterocycles. The largest absolute Gasteiger partial charge is 0.454 e. The van der Waals surface area contributed by atoms with Crippen LogP contribution in [0.15, 0.2) is 36.4 Å². The standard InChI is InChI=1S/C21H21N3O4S/c1-12(21-23-15-6-4-5-7-19(15)29-21)24(3)10-20(26)22-16-9-18-17(27-11-28-18)8-14(16)13(2)25/h4-9,12H,10-11H2,1-3H3,(H,22,26)/p+1/t12-/m0/s1. The van der Waals surface area contributed by atoms with Gasteiger partial charge in [0.2, 0.25) is 6.79 Å². The maximum atomic E-state index is 12.7. The number of carbonyl (C=O) groups is 2. The van der Waals surface area contributed by atoms with Gasteiger partial charge in [0.1, 0.15) is 6.04 Å². The molecule has 0 spiro atoms. The molecule has 3 aromatic rings. The second-order valence-corrected chi connectivity index (χ2v) is 8.18. The van der Waals surface area contributed by atoms with Crippen LogP contribution >= 0.6 is 11.3 Å². The number of hydrogen-bond donors (Lipinski definition) is 2. The summed E-state index contributed by atoms with van der Waals surface area (Å²) < 4.78 is 11.8. The molecule has 4 rings (SSSR count). The predicted octanol–water partition coefficient (Wildman–Crippen LogP) is 2.44. The van der Waals surface area contributed by atoms with Crippen molar-refractivity contribution in [3.8, 4) is 11.5 Å². The number of carbonyl (C=O) groups excluding carboxylic acids is 2. The van der Waals surface area contributed by atoms with Crippen molar-refractivity contribution in [2.75, 3.05) is 25.7 Å². The summed E-state index contributed by atoms with van der Waals surface area (Å²) in [7, 11) is 1.96. The van der Waals surface area contributed by atoms with E-state index in [1.54, 1.807) is 23.5 Å². The Morgan fingerprint density at radius 1 is 1.24 bits per heavy atom. The fourth-order valence-corrected chi connectivity index (χ4v) is 4.34. The first kappa shape index (κ1) is 19.4. The number of likely N-dealkylation sites (N-methyl/N-ethyl adjacent to an activating group) is 1. The van der Waals surface area contributed by atoms with E-state index < -0.39 is 0 Å². The van der Waals surface area contributed by atoms with Gasteiger partial charge in [-0.3, -0.25) is 9.59 Å². The first-order valence-corrected chi connectivity index (χ1v) is 10.2. The van der Waals surface area contributed by atoms with Crippen LogP contribution in [0.3, 0.4) is 0 Å². The molecule has 1 aliphatic rings.